The van der Waals surface area contributed by atoms with Gasteiger partial charge in [0.15, 0.2) is 0 Å². The Labute approximate surface area is 101 Å². The van der Waals surface area contributed by atoms with Crippen LogP contribution in [0.5, 0.6) is 0 Å². The topological polar surface area (TPSA) is 16.1 Å². The first-order valence-corrected chi connectivity index (χ1v) is 5.58. The highest BCUT2D eigenvalue weighted by molar-refractivity contribution is 9.10. The molecule has 0 aliphatic carbocycles. The number of halogens is 4. The first kappa shape index (κ1) is 13.4. The highest BCUT2D eigenvalue weighted by atomic mass is 79.9. The van der Waals surface area contributed by atoms with Crippen molar-refractivity contribution in [3.05, 3.63) is 28.5 Å². The van der Waals surface area contributed by atoms with Gasteiger partial charge in [-0.25, -0.2) is 0 Å². The smallest absolute Gasteiger partial charge is 0.291 e. The SMILES string of the molecule is CCN(Cc1cncc(Br)c1)CC(F)(F)F. The second-order valence-electron chi connectivity index (χ2n) is 3.43. The molecule has 1 aromatic heterocycles. The second-order valence-corrected chi connectivity index (χ2v) is 4.35. The molecule has 0 atom stereocenters. The minimum absolute atomic E-state index is 0.252. The van der Waals surface area contributed by atoms with Gasteiger partial charge in [-0.2, -0.15) is 13.2 Å². The number of hydrogen-bond acceptors (Lipinski definition) is 2. The van der Waals surface area contributed by atoms with E-state index in [0.29, 0.717) is 6.54 Å². The summed E-state index contributed by atoms with van der Waals surface area (Å²) in [4.78, 5) is 5.24. The Morgan fingerprint density at radius 2 is 2.06 bits per heavy atom. The predicted octanol–water partition coefficient (Wildman–Crippen LogP) is 3.23. The minimum atomic E-state index is -4.16. The lowest BCUT2D eigenvalue weighted by Gasteiger charge is -2.21. The van der Waals surface area contributed by atoms with Gasteiger partial charge in [0.25, 0.3) is 0 Å². The van der Waals surface area contributed by atoms with Crippen molar-refractivity contribution in [2.45, 2.75) is 19.6 Å². The van der Waals surface area contributed by atoms with Crippen molar-refractivity contribution in [2.75, 3.05) is 13.1 Å². The Bertz CT molecular complexity index is 341. The predicted molar refractivity (Wildman–Crippen MR) is 58.9 cm³/mol. The van der Waals surface area contributed by atoms with E-state index in [1.807, 2.05) is 0 Å². The largest absolute Gasteiger partial charge is 0.401 e. The molecule has 16 heavy (non-hydrogen) atoms. The molecule has 0 spiro atoms. The maximum absolute atomic E-state index is 12.2. The molecule has 0 aliphatic heterocycles. The molecule has 6 heteroatoms. The highest BCUT2D eigenvalue weighted by Crippen LogP contribution is 2.18. The first-order valence-electron chi connectivity index (χ1n) is 4.79. The van der Waals surface area contributed by atoms with Gasteiger partial charge in [0.1, 0.15) is 0 Å². The third-order valence-electron chi connectivity index (χ3n) is 2.02. The van der Waals surface area contributed by atoms with E-state index >= 15 is 0 Å². The van der Waals surface area contributed by atoms with E-state index in [9.17, 15) is 13.2 Å². The lowest BCUT2D eigenvalue weighted by Crippen LogP contribution is -2.33. The molecule has 0 saturated carbocycles. The maximum Gasteiger partial charge on any atom is 0.401 e. The third-order valence-corrected chi connectivity index (χ3v) is 2.45. The fourth-order valence-corrected chi connectivity index (χ4v) is 1.75. The molecule has 0 N–H and O–H groups in total. The zero-order valence-electron chi connectivity index (χ0n) is 8.76. The van der Waals surface area contributed by atoms with Crippen LogP contribution >= 0.6 is 15.9 Å². The van der Waals surface area contributed by atoms with Crippen molar-refractivity contribution in [1.82, 2.24) is 9.88 Å². The summed E-state index contributed by atoms with van der Waals surface area (Å²) in [5.41, 5.74) is 0.764. The normalized spacial score (nSPS) is 12.1. The molecule has 0 bridgehead atoms. The summed E-state index contributed by atoms with van der Waals surface area (Å²) in [6.45, 7) is 1.42. The van der Waals surface area contributed by atoms with Gasteiger partial charge < -0.3 is 0 Å². The van der Waals surface area contributed by atoms with E-state index in [1.165, 1.54) is 4.90 Å². The summed E-state index contributed by atoms with van der Waals surface area (Å²) in [6, 6.07) is 1.77. The summed E-state index contributed by atoms with van der Waals surface area (Å²) < 4.78 is 37.4. The van der Waals surface area contributed by atoms with Crippen LogP contribution in [0.25, 0.3) is 0 Å². The molecule has 0 amide bonds. The van der Waals surface area contributed by atoms with Crippen molar-refractivity contribution >= 4 is 15.9 Å². The van der Waals surface area contributed by atoms with Crippen LogP contribution in [0.4, 0.5) is 13.2 Å². The van der Waals surface area contributed by atoms with Crippen molar-refractivity contribution in [3.8, 4) is 0 Å². The molecule has 0 aromatic carbocycles. The van der Waals surface area contributed by atoms with Gasteiger partial charge in [0, 0.05) is 23.4 Å². The zero-order chi connectivity index (χ0) is 12.2. The Balaban J connectivity index is 2.63. The molecular formula is C10H12BrF3N2. The van der Waals surface area contributed by atoms with Crippen LogP contribution < -0.4 is 0 Å². The minimum Gasteiger partial charge on any atom is -0.291 e. The summed E-state index contributed by atoms with van der Waals surface area (Å²) in [6.07, 6.45) is -0.983. The standard InChI is InChI=1S/C10H12BrF3N2/c1-2-16(7-10(12,13)14)6-8-3-9(11)5-15-4-8/h3-5H,2,6-7H2,1H3. The number of aromatic nitrogens is 1. The fraction of sp³-hybridized carbons (Fsp3) is 0.500. The molecule has 1 aromatic rings. The van der Waals surface area contributed by atoms with Crippen LogP contribution in [-0.4, -0.2) is 29.1 Å². The average molecular weight is 297 g/mol. The van der Waals surface area contributed by atoms with Crippen LogP contribution in [0.1, 0.15) is 12.5 Å². The number of nitrogens with zero attached hydrogens (tertiary/aromatic N) is 2. The lowest BCUT2D eigenvalue weighted by atomic mass is 10.2. The van der Waals surface area contributed by atoms with E-state index in [0.717, 1.165) is 10.0 Å². The Morgan fingerprint density at radius 3 is 2.56 bits per heavy atom. The van der Waals surface area contributed by atoms with Crippen LogP contribution in [0.15, 0.2) is 22.9 Å². The van der Waals surface area contributed by atoms with Gasteiger partial charge >= 0.3 is 6.18 Å². The zero-order valence-corrected chi connectivity index (χ0v) is 10.3. The first-order chi connectivity index (χ1) is 7.40. The molecular weight excluding hydrogens is 285 g/mol. The van der Waals surface area contributed by atoms with E-state index < -0.39 is 12.7 Å². The fourth-order valence-electron chi connectivity index (χ4n) is 1.33. The van der Waals surface area contributed by atoms with Crippen molar-refractivity contribution in [3.63, 3.8) is 0 Å². The molecule has 0 fully saturated rings. The van der Waals surface area contributed by atoms with Crippen molar-refractivity contribution < 1.29 is 13.2 Å². The molecule has 0 radical (unpaired) electrons. The summed E-state index contributed by atoms with van der Waals surface area (Å²) in [5.74, 6) is 0. The highest BCUT2D eigenvalue weighted by Gasteiger charge is 2.29. The molecule has 0 saturated heterocycles. The Morgan fingerprint density at radius 1 is 1.38 bits per heavy atom. The molecule has 0 unspecified atom stereocenters. The van der Waals surface area contributed by atoms with Gasteiger partial charge in [-0.3, -0.25) is 9.88 Å². The van der Waals surface area contributed by atoms with Gasteiger partial charge in [-0.05, 0) is 34.1 Å². The average Bonchev–Trinajstić information content (AvgIpc) is 2.14. The van der Waals surface area contributed by atoms with Gasteiger partial charge in [0.05, 0.1) is 6.54 Å². The van der Waals surface area contributed by atoms with E-state index in [-0.39, 0.29) is 6.54 Å². The van der Waals surface area contributed by atoms with E-state index in [4.69, 9.17) is 0 Å². The summed E-state index contributed by atoms with van der Waals surface area (Å²) >= 11 is 3.23. The quantitative estimate of drug-likeness (QED) is 0.848. The van der Waals surface area contributed by atoms with Gasteiger partial charge in [0.2, 0.25) is 0 Å². The monoisotopic (exact) mass is 296 g/mol. The Hall–Kier alpha value is -0.620. The summed E-state index contributed by atoms with van der Waals surface area (Å²) in [7, 11) is 0. The molecule has 0 aliphatic rings. The number of rotatable bonds is 4. The summed E-state index contributed by atoms with van der Waals surface area (Å²) in [5, 5.41) is 0. The molecule has 90 valence electrons. The Kier molecular flexibility index (Phi) is 4.73. The number of hydrogen-bond donors (Lipinski definition) is 0. The van der Waals surface area contributed by atoms with Gasteiger partial charge in [-0.1, -0.05) is 6.92 Å². The molecule has 2 nitrogen and oxygen atoms in total. The van der Waals surface area contributed by atoms with Gasteiger partial charge in [-0.15, -0.1) is 0 Å². The van der Waals surface area contributed by atoms with Crippen LogP contribution in [0.3, 0.4) is 0 Å². The van der Waals surface area contributed by atoms with Crippen LogP contribution in [-0.2, 0) is 6.54 Å². The van der Waals surface area contributed by atoms with Crippen molar-refractivity contribution in [2.24, 2.45) is 0 Å². The second kappa shape index (κ2) is 5.63. The number of pyridine rings is 1. The van der Waals surface area contributed by atoms with E-state index in [2.05, 4.69) is 20.9 Å². The van der Waals surface area contributed by atoms with E-state index in [1.54, 1.807) is 25.4 Å². The van der Waals surface area contributed by atoms with Crippen molar-refractivity contribution in [1.29, 1.82) is 0 Å². The number of alkyl halides is 3. The maximum atomic E-state index is 12.2. The third kappa shape index (κ3) is 4.94. The molecule has 1 heterocycles. The van der Waals surface area contributed by atoms with Crippen LogP contribution in [0, 0.1) is 0 Å². The lowest BCUT2D eigenvalue weighted by molar-refractivity contribution is -0.146. The van der Waals surface area contributed by atoms with Crippen LogP contribution in [0.2, 0.25) is 0 Å². The molecule has 1 rings (SSSR count).